The van der Waals surface area contributed by atoms with E-state index in [0.29, 0.717) is 37.4 Å². The average molecular weight is 517 g/mol. The van der Waals surface area contributed by atoms with Crippen molar-refractivity contribution in [2.45, 2.75) is 62.1 Å². The quantitative estimate of drug-likeness (QED) is 0.450. The summed E-state index contributed by atoms with van der Waals surface area (Å²) < 4.78 is 47.5. The van der Waals surface area contributed by atoms with Crippen molar-refractivity contribution >= 4 is 22.8 Å². The first-order valence-electron chi connectivity index (χ1n) is 12.2. The molecule has 2 bridgehead atoms. The van der Waals surface area contributed by atoms with Crippen molar-refractivity contribution in [3.63, 3.8) is 0 Å². The van der Waals surface area contributed by atoms with Crippen molar-refractivity contribution in [2.24, 2.45) is 5.73 Å². The second-order valence-electron chi connectivity index (χ2n) is 10.6. The van der Waals surface area contributed by atoms with Crippen molar-refractivity contribution in [3.05, 3.63) is 47.4 Å². The number of nitrogens with two attached hydrogens (primary N) is 2. The second kappa shape index (κ2) is 8.06. The number of anilines is 1. The van der Waals surface area contributed by atoms with Gasteiger partial charge in [0, 0.05) is 31.0 Å². The topological polar surface area (TPSA) is 132 Å². The van der Waals surface area contributed by atoms with Gasteiger partial charge in [-0.1, -0.05) is 0 Å². The number of benzene rings is 1. The summed E-state index contributed by atoms with van der Waals surface area (Å²) in [5, 5.41) is 0. The lowest BCUT2D eigenvalue weighted by Crippen LogP contribution is -2.54. The number of nitrogens with one attached hydrogen (secondary N) is 1. The SMILES string of the molecule is CC12CC(N)(C1)[C@H](c1nc3nccc(C4CCN(C(=O)c5ccc(OC(F)(F)F)cc5N)CC4)c3[nH]1)O2. The minimum absolute atomic E-state index is 0.0618. The molecule has 0 unspecified atom stereocenters. The molecule has 3 aromatic rings. The molecular weight excluding hydrogens is 489 g/mol. The molecule has 196 valence electrons. The number of ether oxygens (including phenoxy) is 2. The number of fused-ring (bicyclic) bond motifs is 2. The van der Waals surface area contributed by atoms with Crippen LogP contribution in [-0.4, -0.2) is 56.4 Å². The molecule has 7 rings (SSSR count). The monoisotopic (exact) mass is 516 g/mol. The maximum absolute atomic E-state index is 13.0. The van der Waals surface area contributed by atoms with E-state index < -0.39 is 17.7 Å². The highest BCUT2D eigenvalue weighted by Crippen LogP contribution is 2.59. The molecule has 12 heteroatoms. The summed E-state index contributed by atoms with van der Waals surface area (Å²) in [5.74, 6) is 0.0816. The van der Waals surface area contributed by atoms with Gasteiger partial charge in [-0.2, -0.15) is 0 Å². The summed E-state index contributed by atoms with van der Waals surface area (Å²) in [5.41, 5.74) is 14.4. The molecule has 4 aliphatic rings. The van der Waals surface area contributed by atoms with Crippen LogP contribution in [-0.2, 0) is 4.74 Å². The molecule has 4 fully saturated rings. The van der Waals surface area contributed by atoms with Crippen LogP contribution in [0.3, 0.4) is 0 Å². The van der Waals surface area contributed by atoms with Gasteiger partial charge in [-0.15, -0.1) is 13.2 Å². The molecule has 1 amide bonds. The number of imidazole rings is 1. The van der Waals surface area contributed by atoms with E-state index in [4.69, 9.17) is 21.2 Å². The summed E-state index contributed by atoms with van der Waals surface area (Å²) in [6, 6.07) is 5.35. The normalized spacial score (nSPS) is 27.9. The van der Waals surface area contributed by atoms with E-state index in [-0.39, 0.29) is 34.8 Å². The number of pyridine rings is 1. The maximum Gasteiger partial charge on any atom is 0.573 e. The van der Waals surface area contributed by atoms with Crippen LogP contribution in [0.25, 0.3) is 11.2 Å². The van der Waals surface area contributed by atoms with Gasteiger partial charge in [0.1, 0.15) is 17.7 Å². The van der Waals surface area contributed by atoms with Crippen molar-refractivity contribution in [3.8, 4) is 5.75 Å². The number of aromatic amines is 1. The fourth-order valence-corrected chi connectivity index (χ4v) is 6.25. The molecular formula is C25H27F3N6O3. The Hall–Kier alpha value is -3.38. The lowest BCUT2D eigenvalue weighted by Gasteiger charge is -2.39. The largest absolute Gasteiger partial charge is 0.573 e. The van der Waals surface area contributed by atoms with E-state index in [1.807, 2.05) is 6.07 Å². The molecule has 37 heavy (non-hydrogen) atoms. The lowest BCUT2D eigenvalue weighted by molar-refractivity contribution is -0.274. The Morgan fingerprint density at radius 1 is 1.24 bits per heavy atom. The summed E-state index contributed by atoms with van der Waals surface area (Å²) in [6.07, 6.45) is -0.381. The number of alkyl halides is 3. The van der Waals surface area contributed by atoms with Gasteiger partial charge in [-0.05, 0) is 62.3 Å². The Morgan fingerprint density at radius 3 is 2.59 bits per heavy atom. The molecule has 5 heterocycles. The fourth-order valence-electron chi connectivity index (χ4n) is 6.25. The number of hydrogen-bond acceptors (Lipinski definition) is 7. The highest BCUT2D eigenvalue weighted by atomic mass is 19.4. The third-order valence-corrected chi connectivity index (χ3v) is 7.73. The Kier molecular flexibility index (Phi) is 5.22. The van der Waals surface area contributed by atoms with Crippen molar-refractivity contribution in [2.75, 3.05) is 18.8 Å². The first kappa shape index (κ1) is 24.0. The van der Waals surface area contributed by atoms with Crippen LogP contribution in [0, 0.1) is 0 Å². The summed E-state index contributed by atoms with van der Waals surface area (Å²) in [4.78, 5) is 27.3. The number of carbonyl (C=O) groups is 1. The Morgan fingerprint density at radius 2 is 1.97 bits per heavy atom. The van der Waals surface area contributed by atoms with Gasteiger partial charge in [0.05, 0.1) is 22.2 Å². The zero-order chi connectivity index (χ0) is 26.2. The van der Waals surface area contributed by atoms with Gasteiger partial charge in [-0.25, -0.2) is 9.97 Å². The zero-order valence-corrected chi connectivity index (χ0v) is 20.1. The molecule has 1 aliphatic carbocycles. The number of nitrogens with zero attached hydrogens (tertiary/aromatic N) is 3. The Bertz CT molecular complexity index is 1380. The van der Waals surface area contributed by atoms with E-state index in [2.05, 4.69) is 21.6 Å². The molecule has 5 N–H and O–H groups in total. The number of piperidine rings is 1. The Labute approximate surface area is 210 Å². The Balaban J connectivity index is 1.16. The van der Waals surface area contributed by atoms with Gasteiger partial charge >= 0.3 is 6.36 Å². The molecule has 1 saturated carbocycles. The summed E-state index contributed by atoms with van der Waals surface area (Å²) >= 11 is 0. The van der Waals surface area contributed by atoms with Crippen LogP contribution in [0.2, 0.25) is 0 Å². The van der Waals surface area contributed by atoms with E-state index >= 15 is 0 Å². The fraction of sp³-hybridized carbons (Fsp3) is 0.480. The number of halogens is 3. The van der Waals surface area contributed by atoms with Crippen molar-refractivity contribution < 1.29 is 27.4 Å². The minimum Gasteiger partial charge on any atom is -0.406 e. The van der Waals surface area contributed by atoms with E-state index in [0.717, 1.165) is 36.1 Å². The molecule has 2 aromatic heterocycles. The van der Waals surface area contributed by atoms with Crippen LogP contribution >= 0.6 is 0 Å². The van der Waals surface area contributed by atoms with Crippen LogP contribution in [0.1, 0.15) is 66.4 Å². The number of hydrogen-bond donors (Lipinski definition) is 3. The van der Waals surface area contributed by atoms with Crippen LogP contribution < -0.4 is 16.2 Å². The molecule has 3 saturated heterocycles. The van der Waals surface area contributed by atoms with E-state index in [9.17, 15) is 18.0 Å². The number of amides is 1. The third kappa shape index (κ3) is 4.17. The molecule has 0 spiro atoms. The first-order chi connectivity index (χ1) is 17.4. The van der Waals surface area contributed by atoms with Crippen LogP contribution in [0.4, 0.5) is 18.9 Å². The van der Waals surface area contributed by atoms with Crippen molar-refractivity contribution in [1.82, 2.24) is 19.9 Å². The standard InChI is InChI=1S/C25H27F3N6O3/c1-23-11-24(30,12-23)19(37-23)21-32-18-15(4-7-31-20(18)33-21)13-5-8-34(9-6-13)22(35)16-3-2-14(10-17(16)29)36-25(26,27)28/h2-4,7,10,13,19H,5-6,8-9,11-12,29-30H2,1H3,(H,31,32,33)/t19-,23?,24?/m0/s1. The highest BCUT2D eigenvalue weighted by molar-refractivity contribution is 5.99. The molecule has 1 aromatic carbocycles. The molecule has 1 atom stereocenters. The number of aromatic nitrogens is 3. The van der Waals surface area contributed by atoms with Gasteiger partial charge in [0.25, 0.3) is 5.91 Å². The van der Waals surface area contributed by atoms with E-state index in [1.54, 1.807) is 11.1 Å². The number of rotatable bonds is 4. The molecule has 0 radical (unpaired) electrons. The zero-order valence-electron chi connectivity index (χ0n) is 20.1. The maximum atomic E-state index is 13.0. The van der Waals surface area contributed by atoms with Gasteiger partial charge in [-0.3, -0.25) is 4.79 Å². The third-order valence-electron chi connectivity index (χ3n) is 7.73. The number of H-pyrrole nitrogens is 1. The molecule has 3 aliphatic heterocycles. The predicted octanol–water partition coefficient (Wildman–Crippen LogP) is 3.78. The van der Waals surface area contributed by atoms with Crippen LogP contribution in [0.15, 0.2) is 30.5 Å². The lowest BCUT2D eigenvalue weighted by atomic mass is 9.67. The predicted molar refractivity (Wildman–Crippen MR) is 128 cm³/mol. The van der Waals surface area contributed by atoms with Gasteiger partial charge in [0.2, 0.25) is 0 Å². The number of nitrogen functional groups attached to an aromatic ring is 1. The number of likely N-dealkylation sites (tertiary alicyclic amines) is 1. The smallest absolute Gasteiger partial charge is 0.406 e. The first-order valence-corrected chi connectivity index (χ1v) is 12.2. The highest BCUT2D eigenvalue weighted by Gasteiger charge is 2.65. The average Bonchev–Trinajstić information content (AvgIpc) is 3.43. The molecule has 9 nitrogen and oxygen atoms in total. The summed E-state index contributed by atoms with van der Waals surface area (Å²) in [6.45, 7) is 3.02. The minimum atomic E-state index is -4.83. The summed E-state index contributed by atoms with van der Waals surface area (Å²) in [7, 11) is 0. The van der Waals surface area contributed by atoms with Gasteiger partial charge in [0.15, 0.2) is 5.65 Å². The second-order valence-corrected chi connectivity index (χ2v) is 10.6. The van der Waals surface area contributed by atoms with Crippen LogP contribution in [0.5, 0.6) is 5.75 Å². The van der Waals surface area contributed by atoms with Crippen molar-refractivity contribution in [1.29, 1.82) is 0 Å². The van der Waals surface area contributed by atoms with E-state index in [1.165, 1.54) is 6.07 Å². The van der Waals surface area contributed by atoms with Gasteiger partial charge < -0.3 is 30.8 Å². The number of carbonyl (C=O) groups excluding carboxylic acids is 1.